The van der Waals surface area contributed by atoms with Gasteiger partial charge in [-0.1, -0.05) is 48.4 Å². The van der Waals surface area contributed by atoms with Gasteiger partial charge in [0.2, 0.25) is 5.91 Å². The van der Waals surface area contributed by atoms with E-state index in [4.69, 9.17) is 16.3 Å². The quantitative estimate of drug-likeness (QED) is 0.753. The number of benzene rings is 2. The van der Waals surface area contributed by atoms with Crippen LogP contribution >= 0.6 is 11.6 Å². The van der Waals surface area contributed by atoms with Crippen LogP contribution in [0.3, 0.4) is 0 Å². The molecule has 0 spiro atoms. The first kappa shape index (κ1) is 19.3. The minimum atomic E-state index is -0.0525. The minimum absolute atomic E-state index is 0.0525. The van der Waals surface area contributed by atoms with Crippen molar-refractivity contribution in [1.82, 2.24) is 4.90 Å². The highest BCUT2D eigenvalue weighted by Crippen LogP contribution is 2.27. The van der Waals surface area contributed by atoms with Crippen molar-refractivity contribution in [3.05, 3.63) is 58.6 Å². The maximum absolute atomic E-state index is 12.3. The van der Waals surface area contributed by atoms with Crippen LogP contribution in [-0.4, -0.2) is 31.0 Å². The summed E-state index contributed by atoms with van der Waals surface area (Å²) in [6.07, 6.45) is 0.412. The van der Waals surface area contributed by atoms with Crippen molar-refractivity contribution in [2.45, 2.75) is 26.8 Å². The molecule has 1 amide bonds. The average Bonchev–Trinajstić information content (AvgIpc) is 2.59. The minimum Gasteiger partial charge on any atom is -0.495 e. The number of nitrogens with zero attached hydrogens (tertiary/aromatic N) is 1. The molecule has 1 N–H and O–H groups in total. The van der Waals surface area contributed by atoms with Crippen molar-refractivity contribution in [3.8, 4) is 5.75 Å². The molecule has 2 rings (SSSR count). The third kappa shape index (κ3) is 6.07. The first-order chi connectivity index (χ1) is 12.0. The predicted octanol–water partition coefficient (Wildman–Crippen LogP) is 4.51. The number of halogens is 1. The Balaban J connectivity index is 1.90. The Morgan fingerprint density at radius 2 is 2.04 bits per heavy atom. The maximum atomic E-state index is 12.3. The van der Waals surface area contributed by atoms with Gasteiger partial charge in [0.05, 0.1) is 12.8 Å². The molecule has 0 bridgehead atoms. The fourth-order valence-electron chi connectivity index (χ4n) is 2.67. The molecule has 0 saturated carbocycles. The van der Waals surface area contributed by atoms with Crippen molar-refractivity contribution in [3.63, 3.8) is 0 Å². The van der Waals surface area contributed by atoms with E-state index >= 15 is 0 Å². The zero-order valence-corrected chi connectivity index (χ0v) is 15.8. The fourth-order valence-corrected chi connectivity index (χ4v) is 2.84. The summed E-state index contributed by atoms with van der Waals surface area (Å²) in [7, 11) is 1.57. The Labute approximate surface area is 154 Å². The lowest BCUT2D eigenvalue weighted by atomic mass is 10.1. The predicted molar refractivity (Wildman–Crippen MR) is 103 cm³/mol. The van der Waals surface area contributed by atoms with E-state index in [-0.39, 0.29) is 5.91 Å². The lowest BCUT2D eigenvalue weighted by Crippen LogP contribution is -2.27. The van der Waals surface area contributed by atoms with Gasteiger partial charge < -0.3 is 10.1 Å². The number of carbonyl (C=O) groups excluding carboxylic acids is 1. The van der Waals surface area contributed by atoms with Crippen LogP contribution in [0.5, 0.6) is 5.75 Å². The Kier molecular flexibility index (Phi) is 7.29. The van der Waals surface area contributed by atoms with Crippen LogP contribution in [0.25, 0.3) is 0 Å². The molecule has 4 nitrogen and oxygen atoms in total. The highest BCUT2D eigenvalue weighted by molar-refractivity contribution is 6.31. The molecule has 2 aromatic carbocycles. The Hall–Kier alpha value is -2.04. The van der Waals surface area contributed by atoms with E-state index in [0.29, 0.717) is 29.4 Å². The smallest absolute Gasteiger partial charge is 0.225 e. The molecule has 0 aliphatic rings. The lowest BCUT2D eigenvalue weighted by molar-refractivity contribution is -0.116. The molecule has 0 saturated heterocycles. The fraction of sp³-hybridized carbons (Fsp3) is 0.350. The molecule has 25 heavy (non-hydrogen) atoms. The summed E-state index contributed by atoms with van der Waals surface area (Å²) >= 11 is 6.00. The number of aryl methyl sites for hydroxylation is 1. The van der Waals surface area contributed by atoms with Crippen LogP contribution in [0.4, 0.5) is 5.69 Å². The summed E-state index contributed by atoms with van der Waals surface area (Å²) in [4.78, 5) is 14.5. The van der Waals surface area contributed by atoms with Crippen molar-refractivity contribution >= 4 is 23.2 Å². The van der Waals surface area contributed by atoms with Crippen LogP contribution in [0.15, 0.2) is 42.5 Å². The number of rotatable bonds is 8. The molecule has 0 fully saturated rings. The normalized spacial score (nSPS) is 10.8. The van der Waals surface area contributed by atoms with E-state index < -0.39 is 0 Å². The summed E-state index contributed by atoms with van der Waals surface area (Å²) in [6.45, 7) is 6.62. The summed E-state index contributed by atoms with van der Waals surface area (Å²) in [5, 5.41) is 3.44. The molecule has 5 heteroatoms. The van der Waals surface area contributed by atoms with Crippen molar-refractivity contribution in [1.29, 1.82) is 0 Å². The summed E-state index contributed by atoms with van der Waals surface area (Å²) in [5.74, 6) is 0.549. The third-order valence-electron chi connectivity index (χ3n) is 4.03. The molecule has 0 radical (unpaired) electrons. The number of ether oxygens (including phenoxy) is 1. The van der Waals surface area contributed by atoms with E-state index in [1.807, 2.05) is 0 Å². The van der Waals surface area contributed by atoms with E-state index in [0.717, 1.165) is 13.1 Å². The summed E-state index contributed by atoms with van der Waals surface area (Å²) < 4.78 is 5.25. The number of nitrogens with one attached hydrogen (secondary N) is 1. The van der Waals surface area contributed by atoms with Gasteiger partial charge in [0.15, 0.2) is 0 Å². The van der Waals surface area contributed by atoms with E-state index in [2.05, 4.69) is 48.3 Å². The second-order valence-corrected chi connectivity index (χ2v) is 6.44. The number of hydrogen-bond acceptors (Lipinski definition) is 3. The van der Waals surface area contributed by atoms with Gasteiger partial charge in [-0.2, -0.15) is 0 Å². The molecule has 0 atom stereocenters. The number of hydrogen-bond donors (Lipinski definition) is 1. The van der Waals surface area contributed by atoms with E-state index in [1.165, 1.54) is 11.1 Å². The lowest BCUT2D eigenvalue weighted by Gasteiger charge is -2.20. The summed E-state index contributed by atoms with van der Waals surface area (Å²) in [5.41, 5.74) is 3.11. The van der Waals surface area contributed by atoms with Crippen molar-refractivity contribution in [2.75, 3.05) is 25.5 Å². The molecule has 0 aliphatic heterocycles. The van der Waals surface area contributed by atoms with Gasteiger partial charge in [0.25, 0.3) is 0 Å². The van der Waals surface area contributed by atoms with Gasteiger partial charge in [-0.3, -0.25) is 9.69 Å². The molecular weight excluding hydrogens is 336 g/mol. The van der Waals surface area contributed by atoms with Gasteiger partial charge in [0, 0.05) is 24.5 Å². The summed E-state index contributed by atoms with van der Waals surface area (Å²) in [6, 6.07) is 13.6. The number of anilines is 1. The second kappa shape index (κ2) is 9.44. The average molecular weight is 361 g/mol. The number of carbonyl (C=O) groups is 1. The Bertz CT molecular complexity index is 719. The van der Waals surface area contributed by atoms with E-state index in [9.17, 15) is 4.79 Å². The SMILES string of the molecule is CCN(CCC(=O)Nc1cc(Cl)ccc1OC)Cc1cccc(C)c1. The molecule has 134 valence electrons. The number of methoxy groups -OCH3 is 1. The molecule has 2 aromatic rings. The highest BCUT2D eigenvalue weighted by atomic mass is 35.5. The standard InChI is InChI=1S/C20H25ClN2O2/c1-4-23(14-16-7-5-6-15(2)12-16)11-10-20(24)22-18-13-17(21)8-9-19(18)25-3/h5-9,12-13H,4,10-11,14H2,1-3H3,(H,22,24). The second-order valence-electron chi connectivity index (χ2n) is 6.00. The first-order valence-electron chi connectivity index (χ1n) is 8.43. The molecular formula is C20H25ClN2O2. The largest absolute Gasteiger partial charge is 0.495 e. The van der Waals surface area contributed by atoms with Crippen LogP contribution in [0.1, 0.15) is 24.5 Å². The van der Waals surface area contributed by atoms with Gasteiger partial charge in [-0.05, 0) is 37.2 Å². The maximum Gasteiger partial charge on any atom is 0.225 e. The molecule has 0 heterocycles. The van der Waals surface area contributed by atoms with Gasteiger partial charge in [0.1, 0.15) is 5.75 Å². The van der Waals surface area contributed by atoms with Crippen LogP contribution < -0.4 is 10.1 Å². The Morgan fingerprint density at radius 1 is 1.24 bits per heavy atom. The molecule has 0 aromatic heterocycles. The zero-order valence-electron chi connectivity index (χ0n) is 15.0. The van der Waals surface area contributed by atoms with Gasteiger partial charge in [-0.15, -0.1) is 0 Å². The van der Waals surface area contributed by atoms with Crippen LogP contribution in [0, 0.1) is 6.92 Å². The van der Waals surface area contributed by atoms with Crippen LogP contribution in [-0.2, 0) is 11.3 Å². The number of amides is 1. The van der Waals surface area contributed by atoms with Crippen LogP contribution in [0.2, 0.25) is 5.02 Å². The third-order valence-corrected chi connectivity index (χ3v) is 4.26. The van der Waals surface area contributed by atoms with Crippen molar-refractivity contribution in [2.24, 2.45) is 0 Å². The first-order valence-corrected chi connectivity index (χ1v) is 8.81. The molecule has 0 unspecified atom stereocenters. The monoisotopic (exact) mass is 360 g/mol. The van der Waals surface area contributed by atoms with Gasteiger partial charge >= 0.3 is 0 Å². The van der Waals surface area contributed by atoms with E-state index in [1.54, 1.807) is 25.3 Å². The van der Waals surface area contributed by atoms with Crippen molar-refractivity contribution < 1.29 is 9.53 Å². The Morgan fingerprint density at radius 3 is 2.72 bits per heavy atom. The molecule has 0 aliphatic carbocycles. The zero-order chi connectivity index (χ0) is 18.2. The topological polar surface area (TPSA) is 41.6 Å². The van der Waals surface area contributed by atoms with Gasteiger partial charge in [-0.25, -0.2) is 0 Å². The highest BCUT2D eigenvalue weighted by Gasteiger charge is 2.11.